The Hall–Kier alpha value is -0.770. The first kappa shape index (κ1) is 15.1. The third kappa shape index (κ3) is 3.36. The highest BCUT2D eigenvalue weighted by atomic mass is 35.5. The molecule has 2 aliphatic heterocycles. The summed E-state index contributed by atoms with van der Waals surface area (Å²) in [5, 5.41) is 11.7. The van der Waals surface area contributed by atoms with Gasteiger partial charge in [0.2, 0.25) is 0 Å². The molecule has 21 heavy (non-hydrogen) atoms. The summed E-state index contributed by atoms with van der Waals surface area (Å²) in [7, 11) is 0. The van der Waals surface area contributed by atoms with E-state index in [4.69, 9.17) is 21.1 Å². The van der Waals surface area contributed by atoms with Crippen molar-refractivity contribution in [2.75, 3.05) is 13.2 Å². The van der Waals surface area contributed by atoms with Gasteiger partial charge < -0.3 is 14.6 Å². The maximum atomic E-state index is 11.0. The van der Waals surface area contributed by atoms with Gasteiger partial charge >= 0.3 is 0 Å². The van der Waals surface area contributed by atoms with Crippen LogP contribution in [0.15, 0.2) is 12.1 Å². The van der Waals surface area contributed by atoms with Gasteiger partial charge in [0.1, 0.15) is 5.75 Å². The molecule has 2 unspecified atom stereocenters. The second kappa shape index (κ2) is 6.15. The molecule has 3 rings (SSSR count). The molecule has 1 aromatic rings. The fourth-order valence-corrected chi connectivity index (χ4v) is 3.76. The molecule has 0 aliphatic carbocycles. The molecule has 2 heterocycles. The van der Waals surface area contributed by atoms with E-state index in [0.29, 0.717) is 32.5 Å². The molecular formula is C17H23ClO3. The maximum Gasteiger partial charge on any atom is 0.126 e. The van der Waals surface area contributed by atoms with Crippen LogP contribution < -0.4 is 4.74 Å². The normalized spacial score (nSPS) is 28.2. The number of halogens is 1. The smallest absolute Gasteiger partial charge is 0.126 e. The number of aliphatic hydroxyl groups is 1. The second-order valence-electron chi connectivity index (χ2n) is 6.29. The van der Waals surface area contributed by atoms with Crippen LogP contribution in [-0.2, 0) is 17.6 Å². The Kier molecular flexibility index (Phi) is 4.43. The Bertz CT molecular complexity index is 515. The van der Waals surface area contributed by atoms with E-state index in [0.717, 1.165) is 35.6 Å². The summed E-state index contributed by atoms with van der Waals surface area (Å²) in [6, 6.07) is 3.91. The lowest BCUT2D eigenvalue weighted by Gasteiger charge is -2.37. The van der Waals surface area contributed by atoms with Gasteiger partial charge in [0.25, 0.3) is 0 Å². The number of benzene rings is 1. The lowest BCUT2D eigenvalue weighted by molar-refractivity contribution is -0.105. The van der Waals surface area contributed by atoms with Crippen molar-refractivity contribution in [3.05, 3.63) is 28.3 Å². The van der Waals surface area contributed by atoms with Crippen LogP contribution in [0.1, 0.15) is 43.7 Å². The predicted octanol–water partition coefficient (Wildman–Crippen LogP) is 3.53. The molecule has 4 heteroatoms. The summed E-state index contributed by atoms with van der Waals surface area (Å²) in [5.74, 6) is 0.936. The van der Waals surface area contributed by atoms with E-state index < -0.39 is 5.60 Å². The highest BCUT2D eigenvalue weighted by Gasteiger charge is 2.36. The van der Waals surface area contributed by atoms with Crippen molar-refractivity contribution in [3.8, 4) is 5.75 Å². The SMILES string of the molecule is CCCC1CC(O)(Cc2cc(Cl)cc3c2OCC3)CCO1. The third-order valence-electron chi connectivity index (χ3n) is 4.48. The van der Waals surface area contributed by atoms with E-state index >= 15 is 0 Å². The minimum atomic E-state index is -0.706. The van der Waals surface area contributed by atoms with Crippen LogP contribution >= 0.6 is 11.6 Å². The van der Waals surface area contributed by atoms with Crippen molar-refractivity contribution >= 4 is 11.6 Å². The molecule has 0 radical (unpaired) electrons. The van der Waals surface area contributed by atoms with Gasteiger partial charge in [-0.25, -0.2) is 0 Å². The van der Waals surface area contributed by atoms with Crippen LogP contribution in [0.25, 0.3) is 0 Å². The van der Waals surface area contributed by atoms with Gasteiger partial charge in [0.15, 0.2) is 0 Å². The van der Waals surface area contributed by atoms with E-state index in [1.807, 2.05) is 12.1 Å². The minimum Gasteiger partial charge on any atom is -0.493 e. The second-order valence-corrected chi connectivity index (χ2v) is 6.72. The summed E-state index contributed by atoms with van der Waals surface area (Å²) in [5.41, 5.74) is 1.50. The Morgan fingerprint density at radius 1 is 1.38 bits per heavy atom. The third-order valence-corrected chi connectivity index (χ3v) is 4.70. The summed E-state index contributed by atoms with van der Waals surface area (Å²) in [4.78, 5) is 0. The van der Waals surface area contributed by atoms with Crippen molar-refractivity contribution < 1.29 is 14.6 Å². The van der Waals surface area contributed by atoms with Gasteiger partial charge in [-0.15, -0.1) is 0 Å². The van der Waals surface area contributed by atoms with E-state index in [1.165, 1.54) is 5.56 Å². The Morgan fingerprint density at radius 3 is 3.05 bits per heavy atom. The predicted molar refractivity (Wildman–Crippen MR) is 83.2 cm³/mol. The van der Waals surface area contributed by atoms with E-state index in [9.17, 15) is 5.11 Å². The number of rotatable bonds is 4. The van der Waals surface area contributed by atoms with Gasteiger partial charge in [-0.3, -0.25) is 0 Å². The molecule has 1 aromatic carbocycles. The molecule has 3 nitrogen and oxygen atoms in total. The van der Waals surface area contributed by atoms with Crippen LogP contribution in [0.3, 0.4) is 0 Å². The van der Waals surface area contributed by atoms with Crippen LogP contribution in [0.2, 0.25) is 5.02 Å². The van der Waals surface area contributed by atoms with Gasteiger partial charge in [-0.05, 0) is 36.1 Å². The number of hydrogen-bond donors (Lipinski definition) is 1. The average molecular weight is 311 g/mol. The van der Waals surface area contributed by atoms with E-state index in [1.54, 1.807) is 0 Å². The number of ether oxygens (including phenoxy) is 2. The van der Waals surface area contributed by atoms with Crippen LogP contribution in [0.5, 0.6) is 5.75 Å². The standard InChI is InChI=1S/C17H23ClO3/c1-2-3-15-11-17(19,5-7-20-15)10-13-9-14(18)8-12-4-6-21-16(12)13/h8-9,15,19H,2-7,10-11H2,1H3. The highest BCUT2D eigenvalue weighted by molar-refractivity contribution is 6.30. The molecular weight excluding hydrogens is 288 g/mol. The largest absolute Gasteiger partial charge is 0.493 e. The summed E-state index contributed by atoms with van der Waals surface area (Å²) in [6.45, 7) is 3.49. The van der Waals surface area contributed by atoms with Crippen molar-refractivity contribution in [3.63, 3.8) is 0 Å². The molecule has 1 saturated heterocycles. The zero-order valence-corrected chi connectivity index (χ0v) is 13.3. The van der Waals surface area contributed by atoms with E-state index in [2.05, 4.69) is 6.92 Å². The van der Waals surface area contributed by atoms with Gasteiger partial charge in [-0.1, -0.05) is 24.9 Å². The van der Waals surface area contributed by atoms with Crippen LogP contribution in [0.4, 0.5) is 0 Å². The molecule has 0 bridgehead atoms. The van der Waals surface area contributed by atoms with Crippen molar-refractivity contribution in [2.45, 2.75) is 57.2 Å². The van der Waals surface area contributed by atoms with Crippen molar-refractivity contribution in [1.82, 2.24) is 0 Å². The average Bonchev–Trinajstić information content (AvgIpc) is 2.87. The first-order valence-electron chi connectivity index (χ1n) is 7.88. The van der Waals surface area contributed by atoms with Crippen LogP contribution in [-0.4, -0.2) is 30.0 Å². The highest BCUT2D eigenvalue weighted by Crippen LogP contribution is 2.38. The van der Waals surface area contributed by atoms with Crippen molar-refractivity contribution in [2.24, 2.45) is 0 Å². The van der Waals surface area contributed by atoms with E-state index in [-0.39, 0.29) is 6.10 Å². The monoisotopic (exact) mass is 310 g/mol. The minimum absolute atomic E-state index is 0.168. The lowest BCUT2D eigenvalue weighted by atomic mass is 9.83. The number of fused-ring (bicyclic) bond motifs is 1. The molecule has 116 valence electrons. The maximum absolute atomic E-state index is 11.0. The van der Waals surface area contributed by atoms with Gasteiger partial charge in [0, 0.05) is 30.9 Å². The zero-order chi connectivity index (χ0) is 14.9. The molecule has 0 spiro atoms. The first-order valence-corrected chi connectivity index (χ1v) is 8.25. The molecule has 2 atom stereocenters. The molecule has 0 aromatic heterocycles. The Balaban J connectivity index is 1.79. The first-order chi connectivity index (χ1) is 10.1. The molecule has 2 aliphatic rings. The molecule has 1 fully saturated rings. The summed E-state index contributed by atoms with van der Waals surface area (Å²) < 4.78 is 11.5. The summed E-state index contributed by atoms with van der Waals surface area (Å²) in [6.07, 6.45) is 5.13. The van der Waals surface area contributed by atoms with Gasteiger partial charge in [0.05, 0.1) is 18.3 Å². The van der Waals surface area contributed by atoms with Gasteiger partial charge in [-0.2, -0.15) is 0 Å². The lowest BCUT2D eigenvalue weighted by Crippen LogP contribution is -2.42. The molecule has 0 saturated carbocycles. The molecule has 0 amide bonds. The quantitative estimate of drug-likeness (QED) is 0.924. The summed E-state index contributed by atoms with van der Waals surface area (Å²) >= 11 is 6.21. The molecule has 1 N–H and O–H groups in total. The van der Waals surface area contributed by atoms with Crippen LogP contribution in [0, 0.1) is 0 Å². The number of hydrogen-bond acceptors (Lipinski definition) is 3. The zero-order valence-electron chi connectivity index (χ0n) is 12.5. The Morgan fingerprint density at radius 2 is 2.24 bits per heavy atom. The fraction of sp³-hybridized carbons (Fsp3) is 0.647. The topological polar surface area (TPSA) is 38.7 Å². The Labute approximate surface area is 131 Å². The van der Waals surface area contributed by atoms with Crippen molar-refractivity contribution in [1.29, 1.82) is 0 Å². The fourth-order valence-electron chi connectivity index (χ4n) is 3.50.